The van der Waals surface area contributed by atoms with Crippen LogP contribution in [0, 0.1) is 6.92 Å². The van der Waals surface area contributed by atoms with Crippen LogP contribution in [0.25, 0.3) is 0 Å². The van der Waals surface area contributed by atoms with Crippen LogP contribution in [0.1, 0.15) is 5.89 Å². The van der Waals surface area contributed by atoms with Crippen LogP contribution in [0.15, 0.2) is 9.41 Å². The normalized spacial score (nSPS) is 10.6. The Labute approximate surface area is 57.7 Å². The summed E-state index contributed by atoms with van der Waals surface area (Å²) in [4.78, 5) is 3.57. The van der Waals surface area contributed by atoms with Crippen molar-refractivity contribution < 1.29 is 9.15 Å². The number of nitrogens with zero attached hydrogens (tertiary/aromatic N) is 3. The van der Waals surface area contributed by atoms with Crippen LogP contribution in [0.3, 0.4) is 0 Å². The van der Waals surface area contributed by atoms with Crippen molar-refractivity contribution in [3.05, 3.63) is 5.89 Å². The van der Waals surface area contributed by atoms with E-state index >= 15 is 0 Å². The van der Waals surface area contributed by atoms with E-state index in [-0.39, 0.29) is 6.08 Å². The third-order valence-electron chi connectivity index (χ3n) is 0.766. The number of ether oxygens (including phenoxy) is 1. The van der Waals surface area contributed by atoms with Gasteiger partial charge in [0.1, 0.15) is 0 Å². The van der Waals surface area contributed by atoms with Crippen LogP contribution in [-0.2, 0) is 0 Å². The summed E-state index contributed by atoms with van der Waals surface area (Å²) in [6.45, 7) is 1.68. The van der Waals surface area contributed by atoms with E-state index in [4.69, 9.17) is 9.15 Å². The van der Waals surface area contributed by atoms with Crippen molar-refractivity contribution in [3.63, 3.8) is 0 Å². The molecule has 0 bridgehead atoms. The summed E-state index contributed by atoms with van der Waals surface area (Å²) in [6.07, 6.45) is 1.34. The first-order valence-electron chi connectivity index (χ1n) is 2.70. The van der Waals surface area contributed by atoms with Gasteiger partial charge in [0, 0.05) is 14.0 Å². The zero-order valence-electron chi connectivity index (χ0n) is 5.74. The average Bonchev–Trinajstić information content (AvgIpc) is 2.31. The molecule has 0 spiro atoms. The molecule has 0 aliphatic carbocycles. The Bertz CT molecular complexity index is 231. The molecule has 0 amide bonds. The van der Waals surface area contributed by atoms with E-state index in [0.29, 0.717) is 5.89 Å². The minimum atomic E-state index is 0.114. The summed E-state index contributed by atoms with van der Waals surface area (Å²) in [5.74, 6) is 0.472. The molecule has 1 aromatic rings. The lowest BCUT2D eigenvalue weighted by Gasteiger charge is -1.85. The van der Waals surface area contributed by atoms with E-state index in [0.717, 1.165) is 0 Å². The van der Waals surface area contributed by atoms with Gasteiger partial charge in [-0.2, -0.15) is 0 Å². The summed E-state index contributed by atoms with van der Waals surface area (Å²) < 4.78 is 9.59. The Hall–Kier alpha value is -1.39. The van der Waals surface area contributed by atoms with Crippen LogP contribution < -0.4 is 4.74 Å². The molecule has 1 heterocycles. The summed E-state index contributed by atoms with van der Waals surface area (Å²) >= 11 is 0. The third-order valence-corrected chi connectivity index (χ3v) is 0.766. The molecule has 0 saturated carbocycles. The molecule has 0 radical (unpaired) electrons. The maximum Gasteiger partial charge on any atom is 0.421 e. The van der Waals surface area contributed by atoms with Gasteiger partial charge in [0.15, 0.2) is 6.40 Å². The lowest BCUT2D eigenvalue weighted by atomic mass is 10.8. The molecule has 1 aromatic heterocycles. The largest absolute Gasteiger partial charge is 0.421 e. The molecule has 5 heteroatoms. The number of aromatic nitrogens is 2. The van der Waals surface area contributed by atoms with E-state index in [9.17, 15) is 0 Å². The minimum absolute atomic E-state index is 0.114. The van der Waals surface area contributed by atoms with Gasteiger partial charge in [-0.25, -0.2) is 0 Å². The molecule has 0 fully saturated rings. The van der Waals surface area contributed by atoms with Crippen LogP contribution >= 0.6 is 0 Å². The predicted molar refractivity (Wildman–Crippen MR) is 34.1 cm³/mol. The Morgan fingerprint density at radius 1 is 1.60 bits per heavy atom. The maximum atomic E-state index is 4.85. The first kappa shape index (κ1) is 6.73. The number of aliphatic imine (C=N–C) groups is 1. The summed E-state index contributed by atoms with van der Waals surface area (Å²) in [6, 6.07) is 0. The molecular weight excluding hydrogens is 134 g/mol. The van der Waals surface area contributed by atoms with Gasteiger partial charge in [-0.3, -0.25) is 4.99 Å². The Kier molecular flexibility index (Phi) is 1.99. The smallest absolute Gasteiger partial charge is 0.398 e. The summed E-state index contributed by atoms with van der Waals surface area (Å²) in [5, 5.41) is 7.09. The monoisotopic (exact) mass is 141 g/mol. The first-order valence-corrected chi connectivity index (χ1v) is 2.70. The topological polar surface area (TPSA) is 60.5 Å². The highest BCUT2D eigenvalue weighted by Gasteiger charge is 1.99. The molecule has 54 valence electrons. The van der Waals surface area contributed by atoms with E-state index in [1.54, 1.807) is 14.0 Å². The lowest BCUT2D eigenvalue weighted by Crippen LogP contribution is -1.88. The number of rotatable bonds is 2. The van der Waals surface area contributed by atoms with Crippen LogP contribution in [0.2, 0.25) is 0 Å². The van der Waals surface area contributed by atoms with Gasteiger partial charge < -0.3 is 9.15 Å². The highest BCUT2D eigenvalue weighted by atomic mass is 16.6. The van der Waals surface area contributed by atoms with Crippen molar-refractivity contribution in [2.75, 3.05) is 7.05 Å². The van der Waals surface area contributed by atoms with E-state index < -0.39 is 0 Å². The Morgan fingerprint density at radius 3 is 2.90 bits per heavy atom. The zero-order chi connectivity index (χ0) is 7.40. The van der Waals surface area contributed by atoms with Crippen molar-refractivity contribution >= 4 is 6.40 Å². The fourth-order valence-electron chi connectivity index (χ4n) is 0.424. The second kappa shape index (κ2) is 2.95. The number of hydrogen-bond donors (Lipinski definition) is 0. The molecule has 0 aliphatic rings. The number of hydrogen-bond acceptors (Lipinski definition) is 5. The zero-order valence-corrected chi connectivity index (χ0v) is 5.74. The van der Waals surface area contributed by atoms with E-state index in [1.807, 2.05) is 0 Å². The minimum Gasteiger partial charge on any atom is -0.398 e. The predicted octanol–water partition coefficient (Wildman–Crippen LogP) is 0.415. The van der Waals surface area contributed by atoms with Gasteiger partial charge >= 0.3 is 6.08 Å². The molecule has 10 heavy (non-hydrogen) atoms. The van der Waals surface area contributed by atoms with Crippen LogP contribution in [0.4, 0.5) is 0 Å². The van der Waals surface area contributed by atoms with Gasteiger partial charge in [-0.05, 0) is 0 Å². The van der Waals surface area contributed by atoms with Crippen LogP contribution in [-0.4, -0.2) is 23.6 Å². The standard InChI is InChI=1S/C5H7N3O2/c1-4-7-8-5(10-4)9-3-6-2/h3H,1-2H3. The first-order chi connectivity index (χ1) is 4.83. The molecule has 1 rings (SSSR count). The van der Waals surface area contributed by atoms with Gasteiger partial charge in [-0.15, -0.1) is 5.10 Å². The molecule has 0 unspecified atom stereocenters. The van der Waals surface area contributed by atoms with E-state index in [1.165, 1.54) is 6.40 Å². The average molecular weight is 141 g/mol. The molecule has 0 aliphatic heterocycles. The molecule has 5 nitrogen and oxygen atoms in total. The maximum absolute atomic E-state index is 4.85. The Morgan fingerprint density at radius 2 is 2.40 bits per heavy atom. The summed E-state index contributed by atoms with van der Waals surface area (Å²) in [5.41, 5.74) is 0. The second-order valence-electron chi connectivity index (χ2n) is 1.57. The lowest BCUT2D eigenvalue weighted by molar-refractivity contribution is 0.364. The van der Waals surface area contributed by atoms with Crippen molar-refractivity contribution in [1.82, 2.24) is 10.2 Å². The molecule has 0 saturated heterocycles. The third kappa shape index (κ3) is 1.54. The summed E-state index contributed by atoms with van der Waals surface area (Å²) in [7, 11) is 1.59. The molecule has 0 aromatic carbocycles. The molecule has 0 N–H and O–H groups in total. The Balaban J connectivity index is 2.58. The van der Waals surface area contributed by atoms with Crippen molar-refractivity contribution in [2.45, 2.75) is 6.92 Å². The quantitative estimate of drug-likeness (QED) is 0.442. The molecule has 0 atom stereocenters. The van der Waals surface area contributed by atoms with Gasteiger partial charge in [0.25, 0.3) is 0 Å². The van der Waals surface area contributed by atoms with Gasteiger partial charge in [0.2, 0.25) is 5.89 Å². The van der Waals surface area contributed by atoms with Crippen molar-refractivity contribution in [3.8, 4) is 6.08 Å². The van der Waals surface area contributed by atoms with Crippen LogP contribution in [0.5, 0.6) is 6.08 Å². The number of aryl methyl sites for hydroxylation is 1. The highest BCUT2D eigenvalue weighted by molar-refractivity contribution is 5.48. The fourth-order valence-corrected chi connectivity index (χ4v) is 0.424. The van der Waals surface area contributed by atoms with Crippen molar-refractivity contribution in [1.29, 1.82) is 0 Å². The van der Waals surface area contributed by atoms with Crippen molar-refractivity contribution in [2.24, 2.45) is 4.99 Å². The SMILES string of the molecule is CN=COc1nnc(C)o1. The van der Waals surface area contributed by atoms with Gasteiger partial charge in [-0.1, -0.05) is 5.10 Å². The fraction of sp³-hybridized carbons (Fsp3) is 0.400. The second-order valence-corrected chi connectivity index (χ2v) is 1.57. The molecular formula is C5H7N3O2. The van der Waals surface area contributed by atoms with E-state index in [2.05, 4.69) is 15.2 Å². The highest BCUT2D eigenvalue weighted by Crippen LogP contribution is 2.04. The van der Waals surface area contributed by atoms with Gasteiger partial charge in [0.05, 0.1) is 0 Å².